The van der Waals surface area contributed by atoms with Crippen molar-refractivity contribution in [2.45, 2.75) is 26.2 Å². The van der Waals surface area contributed by atoms with Gasteiger partial charge in [0.1, 0.15) is 23.1 Å². The van der Waals surface area contributed by atoms with E-state index in [1.165, 1.54) is 18.9 Å². The van der Waals surface area contributed by atoms with Crippen molar-refractivity contribution in [2.24, 2.45) is 17.8 Å². The number of ether oxygens (including phenoxy) is 2. The highest BCUT2D eigenvalue weighted by molar-refractivity contribution is 5.81. The van der Waals surface area contributed by atoms with Gasteiger partial charge in [0.15, 0.2) is 0 Å². The molecule has 0 N–H and O–H groups in total. The second-order valence-electron chi connectivity index (χ2n) is 7.44. The Morgan fingerprint density at radius 1 is 1.04 bits per heavy atom. The molecule has 3 nitrogen and oxygen atoms in total. The maximum atomic E-state index is 14.2. The van der Waals surface area contributed by atoms with Crippen LogP contribution < -0.4 is 9.47 Å². The average Bonchev–Trinajstić information content (AvgIpc) is 3.54. The third kappa shape index (κ3) is 4.06. The number of ketones is 1. The van der Waals surface area contributed by atoms with Gasteiger partial charge in [-0.25, -0.2) is 4.39 Å². The van der Waals surface area contributed by atoms with Crippen molar-refractivity contribution in [3.05, 3.63) is 48.3 Å². The van der Waals surface area contributed by atoms with Crippen LogP contribution in [0.4, 0.5) is 4.39 Å². The van der Waals surface area contributed by atoms with Crippen LogP contribution in [0.3, 0.4) is 0 Å². The van der Waals surface area contributed by atoms with Crippen molar-refractivity contribution in [3.8, 4) is 22.6 Å². The average molecular weight is 354 g/mol. The van der Waals surface area contributed by atoms with Crippen molar-refractivity contribution in [3.63, 3.8) is 0 Å². The van der Waals surface area contributed by atoms with Crippen molar-refractivity contribution >= 4 is 5.78 Å². The number of rotatable bonds is 8. The smallest absolute Gasteiger partial charge is 0.133 e. The predicted molar refractivity (Wildman–Crippen MR) is 97.8 cm³/mol. The summed E-state index contributed by atoms with van der Waals surface area (Å²) in [6.45, 7) is 2.90. The van der Waals surface area contributed by atoms with E-state index < -0.39 is 0 Å². The fourth-order valence-corrected chi connectivity index (χ4v) is 3.18. The van der Waals surface area contributed by atoms with Crippen molar-refractivity contribution in [1.82, 2.24) is 0 Å². The number of carbonyl (C=O) groups excluding carboxylic acids is 1. The number of halogens is 1. The van der Waals surface area contributed by atoms with E-state index in [0.717, 1.165) is 17.7 Å². The summed E-state index contributed by atoms with van der Waals surface area (Å²) < 4.78 is 25.7. The largest absolute Gasteiger partial charge is 0.493 e. The van der Waals surface area contributed by atoms with Crippen molar-refractivity contribution < 1.29 is 18.7 Å². The molecule has 0 saturated heterocycles. The molecule has 0 aromatic heterocycles. The third-order valence-electron chi connectivity index (χ3n) is 5.19. The molecule has 0 heterocycles. The first kappa shape index (κ1) is 17.1. The number of hydrogen-bond acceptors (Lipinski definition) is 3. The highest BCUT2D eigenvalue weighted by atomic mass is 19.1. The van der Waals surface area contributed by atoms with Crippen LogP contribution in [0.1, 0.15) is 26.2 Å². The minimum absolute atomic E-state index is 0.168. The predicted octanol–water partition coefficient (Wildman–Crippen LogP) is 4.89. The first-order valence-corrected chi connectivity index (χ1v) is 9.26. The van der Waals surface area contributed by atoms with E-state index in [1.807, 2.05) is 24.3 Å². The molecule has 2 aliphatic rings. The van der Waals surface area contributed by atoms with Gasteiger partial charge < -0.3 is 9.47 Å². The minimum atomic E-state index is -0.264. The summed E-state index contributed by atoms with van der Waals surface area (Å²) in [6, 6.07) is 12.3. The molecule has 26 heavy (non-hydrogen) atoms. The summed E-state index contributed by atoms with van der Waals surface area (Å²) in [6.07, 6.45) is 3.37. The first-order valence-electron chi connectivity index (χ1n) is 9.26. The molecular weight excluding hydrogens is 331 g/mol. The van der Waals surface area contributed by atoms with Gasteiger partial charge in [0.2, 0.25) is 0 Å². The quantitative estimate of drug-likeness (QED) is 0.677. The lowest BCUT2D eigenvalue weighted by molar-refractivity contribution is -0.118. The molecule has 2 unspecified atom stereocenters. The summed E-state index contributed by atoms with van der Waals surface area (Å²) in [5, 5.41) is 0. The van der Waals surface area contributed by atoms with Gasteiger partial charge >= 0.3 is 0 Å². The van der Waals surface area contributed by atoms with Gasteiger partial charge in [0, 0.05) is 17.4 Å². The van der Waals surface area contributed by atoms with Crippen LogP contribution in [0.15, 0.2) is 42.5 Å². The van der Waals surface area contributed by atoms with Gasteiger partial charge in [0.25, 0.3) is 0 Å². The van der Waals surface area contributed by atoms with Crippen LogP contribution in [-0.4, -0.2) is 19.0 Å². The highest BCUT2D eigenvalue weighted by Gasteiger charge is 2.41. The van der Waals surface area contributed by atoms with Crippen molar-refractivity contribution in [1.29, 1.82) is 0 Å². The lowest BCUT2D eigenvalue weighted by Gasteiger charge is -2.10. The van der Waals surface area contributed by atoms with E-state index in [1.54, 1.807) is 19.1 Å². The normalized spacial score (nSPS) is 21.3. The van der Waals surface area contributed by atoms with E-state index in [4.69, 9.17) is 9.47 Å². The van der Waals surface area contributed by atoms with Crippen LogP contribution in [0, 0.1) is 23.6 Å². The van der Waals surface area contributed by atoms with Gasteiger partial charge in [-0.05, 0) is 68.0 Å². The molecule has 0 aliphatic heterocycles. The van der Waals surface area contributed by atoms with Gasteiger partial charge in [-0.2, -0.15) is 0 Å². The molecule has 2 atom stereocenters. The Bertz CT molecular complexity index is 796. The Kier molecular flexibility index (Phi) is 4.66. The van der Waals surface area contributed by atoms with E-state index in [9.17, 15) is 9.18 Å². The minimum Gasteiger partial charge on any atom is -0.493 e. The van der Waals surface area contributed by atoms with Crippen LogP contribution in [-0.2, 0) is 4.79 Å². The van der Waals surface area contributed by atoms with E-state index >= 15 is 0 Å². The molecule has 2 fully saturated rings. The molecule has 0 radical (unpaired) electrons. The number of Topliss-reactive ketones (excluding diaryl/α,β-unsaturated/α-hetero) is 1. The fourth-order valence-electron chi connectivity index (χ4n) is 3.18. The van der Waals surface area contributed by atoms with Crippen LogP contribution in [0.2, 0.25) is 0 Å². The summed E-state index contributed by atoms with van der Waals surface area (Å²) >= 11 is 0. The van der Waals surface area contributed by atoms with Gasteiger partial charge in [-0.15, -0.1) is 0 Å². The fraction of sp³-hybridized carbons (Fsp3) is 0.409. The zero-order valence-corrected chi connectivity index (χ0v) is 14.9. The molecule has 4 rings (SSSR count). The number of carbonyl (C=O) groups is 1. The molecular formula is C22H23FO3. The molecule has 136 valence electrons. The topological polar surface area (TPSA) is 35.5 Å². The van der Waals surface area contributed by atoms with Crippen LogP contribution in [0.5, 0.6) is 11.5 Å². The van der Waals surface area contributed by atoms with Crippen LogP contribution >= 0.6 is 0 Å². The number of hydrogen-bond donors (Lipinski definition) is 0. The maximum Gasteiger partial charge on any atom is 0.133 e. The molecule has 2 aromatic carbocycles. The Morgan fingerprint density at radius 3 is 2.38 bits per heavy atom. The molecule has 0 spiro atoms. The van der Waals surface area contributed by atoms with E-state index in [-0.39, 0.29) is 17.5 Å². The second-order valence-corrected chi connectivity index (χ2v) is 7.44. The van der Waals surface area contributed by atoms with Crippen molar-refractivity contribution in [2.75, 3.05) is 13.2 Å². The zero-order valence-electron chi connectivity index (χ0n) is 14.9. The van der Waals surface area contributed by atoms with Gasteiger partial charge in [-0.1, -0.05) is 12.1 Å². The van der Waals surface area contributed by atoms with Crippen LogP contribution in [0.25, 0.3) is 11.1 Å². The molecule has 2 aromatic rings. The van der Waals surface area contributed by atoms with E-state index in [2.05, 4.69) is 0 Å². The second kappa shape index (κ2) is 7.10. The summed E-state index contributed by atoms with van der Waals surface area (Å²) in [7, 11) is 0. The first-order chi connectivity index (χ1) is 12.6. The lowest BCUT2D eigenvalue weighted by atomic mass is 10.0. The molecule has 2 saturated carbocycles. The maximum absolute atomic E-state index is 14.2. The standard InChI is InChI=1S/C22H23FO3/c1-14(24)20-10-17(20)13-26-18-6-4-16(5-7-18)21-11-19(8-9-22(21)23)25-12-15-2-3-15/h4-9,11,15,17,20H,2-3,10,12-13H2,1H3. The zero-order chi connectivity index (χ0) is 18.1. The highest BCUT2D eigenvalue weighted by Crippen LogP contribution is 2.39. The Labute approximate surface area is 153 Å². The Balaban J connectivity index is 1.39. The third-order valence-corrected chi connectivity index (χ3v) is 5.19. The molecule has 0 bridgehead atoms. The SMILES string of the molecule is CC(=O)C1CC1COc1ccc(-c2cc(OCC3CC3)ccc2F)cc1. The molecule has 0 amide bonds. The summed E-state index contributed by atoms with van der Waals surface area (Å²) in [5.74, 6) is 2.59. The molecule has 4 heteroatoms. The van der Waals surface area contributed by atoms with Gasteiger partial charge in [0.05, 0.1) is 13.2 Å². The van der Waals surface area contributed by atoms with Gasteiger partial charge in [-0.3, -0.25) is 4.79 Å². The number of benzene rings is 2. The summed E-state index contributed by atoms with van der Waals surface area (Å²) in [5.41, 5.74) is 1.32. The van der Waals surface area contributed by atoms with E-state index in [0.29, 0.717) is 36.4 Å². The molecule has 2 aliphatic carbocycles. The Hall–Kier alpha value is -2.36. The monoisotopic (exact) mass is 354 g/mol. The lowest BCUT2D eigenvalue weighted by Crippen LogP contribution is -2.04. The summed E-state index contributed by atoms with van der Waals surface area (Å²) in [4.78, 5) is 11.3. The Morgan fingerprint density at radius 2 is 1.73 bits per heavy atom.